The average Bonchev–Trinajstić information content (AvgIpc) is 2.85. The van der Waals surface area contributed by atoms with Crippen LogP contribution in [-0.4, -0.2) is 52.1 Å². The van der Waals surface area contributed by atoms with Gasteiger partial charge in [-0.1, -0.05) is 18.2 Å². The predicted molar refractivity (Wildman–Crippen MR) is 129 cm³/mol. The molecule has 0 aromatic heterocycles. The molecule has 1 amide bonds. The Kier molecular flexibility index (Phi) is 7.56. The van der Waals surface area contributed by atoms with E-state index in [0.29, 0.717) is 5.69 Å². The van der Waals surface area contributed by atoms with Crippen molar-refractivity contribution in [3.63, 3.8) is 0 Å². The monoisotopic (exact) mass is 483 g/mol. The Hall–Kier alpha value is -3.27. The van der Waals surface area contributed by atoms with Gasteiger partial charge in [0.2, 0.25) is 0 Å². The summed E-state index contributed by atoms with van der Waals surface area (Å²) < 4.78 is 46.2. The van der Waals surface area contributed by atoms with E-state index in [1.165, 1.54) is 35.9 Å². The van der Waals surface area contributed by atoms with E-state index in [-0.39, 0.29) is 16.1 Å². The van der Waals surface area contributed by atoms with Gasteiger partial charge in [0.1, 0.15) is 5.82 Å². The molecule has 3 aromatic rings. The zero-order valence-electron chi connectivity index (χ0n) is 18.5. The molecule has 1 fully saturated rings. The second-order valence-electron chi connectivity index (χ2n) is 8.00. The highest BCUT2D eigenvalue weighted by atomic mass is 32.2. The minimum Gasteiger partial charge on any atom is -0.379 e. The minimum atomic E-state index is -3.94. The van der Waals surface area contributed by atoms with Crippen molar-refractivity contribution in [2.24, 2.45) is 0 Å². The molecule has 1 aliphatic rings. The van der Waals surface area contributed by atoms with Gasteiger partial charge >= 0.3 is 0 Å². The number of benzene rings is 3. The molecule has 34 heavy (non-hydrogen) atoms. The van der Waals surface area contributed by atoms with Gasteiger partial charge in [-0.3, -0.25) is 14.4 Å². The van der Waals surface area contributed by atoms with Gasteiger partial charge in [-0.05, 0) is 66.6 Å². The third-order valence-electron chi connectivity index (χ3n) is 5.54. The number of amides is 1. The first-order chi connectivity index (χ1) is 16.4. The molecule has 0 spiro atoms. The maximum atomic E-state index is 13.1. The lowest BCUT2D eigenvalue weighted by Crippen LogP contribution is -2.37. The first-order valence-electron chi connectivity index (χ1n) is 11.0. The summed E-state index contributed by atoms with van der Waals surface area (Å²) in [7, 11) is -3.94. The number of anilines is 2. The average molecular weight is 484 g/mol. The highest BCUT2D eigenvalue weighted by Crippen LogP contribution is 2.19. The number of rotatable bonds is 8. The molecule has 0 aliphatic carbocycles. The van der Waals surface area contributed by atoms with Crippen LogP contribution in [0.1, 0.15) is 15.9 Å². The number of halogens is 1. The fourth-order valence-corrected chi connectivity index (χ4v) is 4.71. The van der Waals surface area contributed by atoms with Crippen molar-refractivity contribution < 1.29 is 22.3 Å². The van der Waals surface area contributed by atoms with Gasteiger partial charge in [-0.2, -0.15) is 0 Å². The third kappa shape index (κ3) is 6.40. The fraction of sp³-hybridized carbons (Fsp3) is 0.240. The summed E-state index contributed by atoms with van der Waals surface area (Å²) in [6.45, 7) is 4.40. The number of nitrogens with zero attached hydrogens (tertiary/aromatic N) is 1. The van der Waals surface area contributed by atoms with Crippen molar-refractivity contribution in [3.8, 4) is 0 Å². The van der Waals surface area contributed by atoms with Crippen molar-refractivity contribution in [2.45, 2.75) is 11.3 Å². The van der Waals surface area contributed by atoms with Crippen LogP contribution in [0.5, 0.6) is 0 Å². The number of carbonyl (C=O) groups is 1. The quantitative estimate of drug-likeness (QED) is 0.510. The van der Waals surface area contributed by atoms with E-state index in [1.807, 2.05) is 24.3 Å². The number of hydrogen-bond donors (Lipinski definition) is 2. The topological polar surface area (TPSA) is 87.7 Å². The molecule has 3 aromatic carbocycles. The van der Waals surface area contributed by atoms with Gasteiger partial charge in [0, 0.05) is 36.6 Å². The fourth-order valence-electron chi connectivity index (χ4n) is 3.61. The van der Waals surface area contributed by atoms with E-state index >= 15 is 0 Å². The van der Waals surface area contributed by atoms with Crippen molar-refractivity contribution in [2.75, 3.05) is 42.9 Å². The number of sulfonamides is 1. The van der Waals surface area contributed by atoms with Crippen LogP contribution >= 0.6 is 0 Å². The Bertz CT molecular complexity index is 1230. The molecule has 4 rings (SSSR count). The summed E-state index contributed by atoms with van der Waals surface area (Å²) in [6.07, 6.45) is 0.912. The normalized spacial score (nSPS) is 14.5. The van der Waals surface area contributed by atoms with Crippen molar-refractivity contribution in [1.82, 2.24) is 4.90 Å². The zero-order chi connectivity index (χ0) is 24.0. The SMILES string of the molecule is O=C(Nc1ccc(CCN2CCOCC2)cc1)c1cccc(S(=O)(=O)Nc2ccc(F)cc2)c1. The molecule has 0 saturated carbocycles. The van der Waals surface area contributed by atoms with Crippen LogP contribution in [0.3, 0.4) is 0 Å². The van der Waals surface area contributed by atoms with E-state index in [1.54, 1.807) is 6.07 Å². The summed E-state index contributed by atoms with van der Waals surface area (Å²) in [6, 6.07) is 18.3. The summed E-state index contributed by atoms with van der Waals surface area (Å²) in [5, 5.41) is 2.80. The highest BCUT2D eigenvalue weighted by Gasteiger charge is 2.17. The Morgan fingerprint density at radius 3 is 2.32 bits per heavy atom. The largest absolute Gasteiger partial charge is 0.379 e. The Morgan fingerprint density at radius 2 is 1.62 bits per heavy atom. The van der Waals surface area contributed by atoms with Crippen LogP contribution < -0.4 is 10.0 Å². The van der Waals surface area contributed by atoms with Crippen LogP contribution in [0.15, 0.2) is 77.7 Å². The van der Waals surface area contributed by atoms with Gasteiger partial charge in [-0.25, -0.2) is 12.8 Å². The lowest BCUT2D eigenvalue weighted by Gasteiger charge is -2.26. The van der Waals surface area contributed by atoms with E-state index < -0.39 is 21.7 Å². The first kappa shape index (κ1) is 23.9. The molecule has 0 bridgehead atoms. The molecule has 0 unspecified atom stereocenters. The number of hydrogen-bond acceptors (Lipinski definition) is 5. The van der Waals surface area contributed by atoms with Gasteiger partial charge in [-0.15, -0.1) is 0 Å². The molecule has 9 heteroatoms. The van der Waals surface area contributed by atoms with Crippen LogP contribution in [0.2, 0.25) is 0 Å². The van der Waals surface area contributed by atoms with Crippen LogP contribution in [0, 0.1) is 5.82 Å². The minimum absolute atomic E-state index is 0.0667. The molecular formula is C25H26FN3O4S. The van der Waals surface area contributed by atoms with E-state index in [0.717, 1.165) is 51.4 Å². The van der Waals surface area contributed by atoms with E-state index in [2.05, 4.69) is 14.9 Å². The summed E-state index contributed by atoms with van der Waals surface area (Å²) >= 11 is 0. The summed E-state index contributed by atoms with van der Waals surface area (Å²) in [5.74, 6) is -0.883. The second-order valence-corrected chi connectivity index (χ2v) is 9.68. The molecular weight excluding hydrogens is 457 g/mol. The smallest absolute Gasteiger partial charge is 0.261 e. The molecule has 178 valence electrons. The standard InChI is InChI=1S/C25H26FN3O4S/c26-21-6-10-23(11-7-21)28-34(31,32)24-3-1-2-20(18-24)25(30)27-22-8-4-19(5-9-22)12-13-29-14-16-33-17-15-29/h1-11,18,28H,12-17H2,(H,27,30). The highest BCUT2D eigenvalue weighted by molar-refractivity contribution is 7.92. The Morgan fingerprint density at radius 1 is 0.941 bits per heavy atom. The van der Waals surface area contributed by atoms with Crippen molar-refractivity contribution in [1.29, 1.82) is 0 Å². The molecule has 2 N–H and O–H groups in total. The lowest BCUT2D eigenvalue weighted by molar-refractivity contribution is 0.0384. The maximum Gasteiger partial charge on any atom is 0.261 e. The Labute approximate surface area is 198 Å². The van der Waals surface area contributed by atoms with Crippen LogP contribution in [0.4, 0.5) is 15.8 Å². The zero-order valence-corrected chi connectivity index (χ0v) is 19.4. The van der Waals surface area contributed by atoms with Crippen LogP contribution in [0.25, 0.3) is 0 Å². The van der Waals surface area contributed by atoms with E-state index in [4.69, 9.17) is 4.74 Å². The maximum absolute atomic E-state index is 13.1. The molecule has 7 nitrogen and oxygen atoms in total. The number of morpholine rings is 1. The number of carbonyl (C=O) groups excluding carboxylic acids is 1. The Balaban J connectivity index is 1.37. The van der Waals surface area contributed by atoms with Gasteiger partial charge < -0.3 is 10.1 Å². The van der Waals surface area contributed by atoms with Gasteiger partial charge in [0.05, 0.1) is 18.1 Å². The predicted octanol–water partition coefficient (Wildman–Crippen LogP) is 3.75. The van der Waals surface area contributed by atoms with Gasteiger partial charge in [0.15, 0.2) is 0 Å². The molecule has 0 atom stereocenters. The number of ether oxygens (including phenoxy) is 1. The lowest BCUT2D eigenvalue weighted by atomic mass is 10.1. The van der Waals surface area contributed by atoms with Crippen molar-refractivity contribution >= 4 is 27.3 Å². The van der Waals surface area contributed by atoms with Crippen LogP contribution in [-0.2, 0) is 21.2 Å². The molecule has 0 radical (unpaired) electrons. The van der Waals surface area contributed by atoms with Crippen molar-refractivity contribution in [3.05, 3.63) is 89.7 Å². The molecule has 1 aliphatic heterocycles. The third-order valence-corrected chi connectivity index (χ3v) is 6.91. The molecule has 1 heterocycles. The second kappa shape index (κ2) is 10.8. The first-order valence-corrected chi connectivity index (χ1v) is 12.5. The molecule has 1 saturated heterocycles. The van der Waals surface area contributed by atoms with Gasteiger partial charge in [0.25, 0.3) is 15.9 Å². The van der Waals surface area contributed by atoms with E-state index in [9.17, 15) is 17.6 Å². The number of nitrogens with one attached hydrogen (secondary N) is 2. The summed E-state index contributed by atoms with van der Waals surface area (Å²) in [5.41, 5.74) is 2.23. The summed E-state index contributed by atoms with van der Waals surface area (Å²) in [4.78, 5) is 15.0.